The molecule has 10 heteroatoms. The predicted octanol–water partition coefficient (Wildman–Crippen LogP) is 5.86. The van der Waals surface area contributed by atoms with Gasteiger partial charge in [0.05, 0.1) is 40.9 Å². The van der Waals surface area contributed by atoms with Gasteiger partial charge in [-0.2, -0.15) is 10.2 Å². The third-order valence-electron chi connectivity index (χ3n) is 9.92. The van der Waals surface area contributed by atoms with E-state index in [2.05, 4.69) is 138 Å². The fraction of sp³-hybridized carbons (Fsp3) is 0.235. The second-order valence-corrected chi connectivity index (χ2v) is 13.2. The van der Waals surface area contributed by atoms with E-state index in [0.717, 1.165) is 35.7 Å². The molecular weight excluding hydrogens is 568 g/mol. The van der Waals surface area contributed by atoms with Crippen LogP contribution in [0.4, 0.5) is 22.7 Å². The van der Waals surface area contributed by atoms with Gasteiger partial charge < -0.3 is 24.3 Å². The fourth-order valence-corrected chi connectivity index (χ4v) is 9.29. The van der Waals surface area contributed by atoms with Crippen LogP contribution in [0.1, 0.15) is 12.8 Å². The van der Waals surface area contributed by atoms with Gasteiger partial charge in [0.2, 0.25) is 0 Å². The van der Waals surface area contributed by atoms with Gasteiger partial charge >= 0.3 is 0 Å². The number of benzene rings is 4. The number of ether oxygens (including phenoxy) is 1. The molecule has 6 unspecified atom stereocenters. The number of fused-ring (bicyclic) bond motifs is 10. The second kappa shape index (κ2) is 9.33. The lowest BCUT2D eigenvalue weighted by Gasteiger charge is -2.59. The molecule has 218 valence electrons. The molecule has 2 fully saturated rings. The number of para-hydroxylation sites is 6. The van der Waals surface area contributed by atoms with Gasteiger partial charge in [-0.3, -0.25) is 10.9 Å². The summed E-state index contributed by atoms with van der Waals surface area (Å²) in [7, 11) is 0. The van der Waals surface area contributed by atoms with Crippen LogP contribution in [0.25, 0.3) is 0 Å². The number of piperazine rings is 1. The first kappa shape index (κ1) is 24.6. The minimum Gasteiger partial charge on any atom is -0.453 e. The predicted molar refractivity (Wildman–Crippen MR) is 173 cm³/mol. The highest BCUT2D eigenvalue weighted by Crippen LogP contribution is 2.54. The van der Waals surface area contributed by atoms with Crippen molar-refractivity contribution in [1.29, 1.82) is 0 Å². The van der Waals surface area contributed by atoms with Gasteiger partial charge in [0, 0.05) is 15.8 Å². The summed E-state index contributed by atoms with van der Waals surface area (Å²) in [5.41, 5.74) is 11.5. The Balaban J connectivity index is 1.17. The van der Waals surface area contributed by atoms with Crippen molar-refractivity contribution < 1.29 is 4.74 Å². The number of anilines is 4. The molecule has 0 radical (unpaired) electrons. The van der Waals surface area contributed by atoms with Crippen LogP contribution in [0.2, 0.25) is 0 Å². The Morgan fingerprint density at radius 2 is 1.11 bits per heavy atom. The molecule has 6 atom stereocenters. The Labute approximate surface area is 259 Å². The van der Waals surface area contributed by atoms with Crippen molar-refractivity contribution in [2.24, 2.45) is 10.2 Å². The molecule has 0 spiro atoms. The summed E-state index contributed by atoms with van der Waals surface area (Å²) in [5.74, 6) is 1.80. The summed E-state index contributed by atoms with van der Waals surface area (Å²) in [5, 5.41) is 9.17. The average molecular weight is 599 g/mol. The molecule has 6 aliphatic rings. The first-order chi connectivity index (χ1) is 21.8. The lowest BCUT2D eigenvalue weighted by molar-refractivity contribution is -0.0174. The summed E-state index contributed by atoms with van der Waals surface area (Å²) in [6.07, 6.45) is 5.91. The largest absolute Gasteiger partial charge is 0.453 e. The standard InChI is InChI=1S/C34H30N8OS/c1-5-13-28-22(9-1)41(23-10-2-6-14-29(23)43-28)21-17-26-32(40-20-36-38-34(40)33-37-35-19-39(26)33)27(18-21)42-24-11-3-7-15-30(24)44-31-16-8-4-12-25(31)42/h1-16,19-21,26-27,32-34,37-38H,17-18H2. The van der Waals surface area contributed by atoms with E-state index in [9.17, 15) is 0 Å². The van der Waals surface area contributed by atoms with E-state index in [4.69, 9.17) is 4.74 Å². The van der Waals surface area contributed by atoms with E-state index < -0.39 is 0 Å². The van der Waals surface area contributed by atoms with E-state index in [-0.39, 0.29) is 36.5 Å². The van der Waals surface area contributed by atoms with Gasteiger partial charge in [-0.05, 0) is 61.4 Å². The van der Waals surface area contributed by atoms with Gasteiger partial charge in [0.15, 0.2) is 23.8 Å². The summed E-state index contributed by atoms with van der Waals surface area (Å²) >= 11 is 1.86. The summed E-state index contributed by atoms with van der Waals surface area (Å²) in [4.78, 5) is 12.7. The van der Waals surface area contributed by atoms with Crippen LogP contribution >= 0.6 is 11.8 Å². The van der Waals surface area contributed by atoms with Crippen molar-refractivity contribution in [2.45, 2.75) is 59.1 Å². The molecule has 0 aromatic heterocycles. The molecular formula is C34H30N8OS. The van der Waals surface area contributed by atoms with Gasteiger partial charge in [-0.25, -0.2) is 0 Å². The van der Waals surface area contributed by atoms with E-state index in [1.807, 2.05) is 24.4 Å². The van der Waals surface area contributed by atoms with E-state index in [1.165, 1.54) is 21.2 Å². The zero-order valence-corrected chi connectivity index (χ0v) is 24.6. The van der Waals surface area contributed by atoms with Crippen LogP contribution in [0.3, 0.4) is 0 Å². The van der Waals surface area contributed by atoms with Crippen molar-refractivity contribution in [3.05, 3.63) is 97.1 Å². The molecule has 0 amide bonds. The average Bonchev–Trinajstić information content (AvgIpc) is 3.76. The lowest BCUT2D eigenvalue weighted by Crippen LogP contribution is -2.76. The van der Waals surface area contributed by atoms with Gasteiger partial charge in [-0.1, -0.05) is 60.3 Å². The first-order valence-electron chi connectivity index (χ1n) is 15.3. The number of nitrogens with one attached hydrogen (secondary N) is 2. The molecule has 44 heavy (non-hydrogen) atoms. The molecule has 10 rings (SSSR count). The smallest absolute Gasteiger partial charge is 0.157 e. The summed E-state index contributed by atoms with van der Waals surface area (Å²) in [6.45, 7) is 0. The number of rotatable bonds is 2. The van der Waals surface area contributed by atoms with Crippen LogP contribution in [0.15, 0.2) is 117 Å². The highest BCUT2D eigenvalue weighted by atomic mass is 32.2. The lowest BCUT2D eigenvalue weighted by atomic mass is 9.77. The van der Waals surface area contributed by atoms with Crippen LogP contribution in [0, 0.1) is 0 Å². The third kappa shape index (κ3) is 3.42. The zero-order chi connectivity index (χ0) is 28.8. The quantitative estimate of drug-likeness (QED) is 0.297. The molecule has 2 N–H and O–H groups in total. The summed E-state index contributed by atoms with van der Waals surface area (Å²) in [6, 6.07) is 35.3. The minimum absolute atomic E-state index is 0.00102. The normalized spacial score (nSPS) is 28.4. The third-order valence-corrected chi connectivity index (χ3v) is 11.0. The Morgan fingerprint density at radius 3 is 1.77 bits per heavy atom. The molecule has 5 heterocycles. The Hall–Kier alpha value is -4.83. The van der Waals surface area contributed by atoms with Gasteiger partial charge in [0.25, 0.3) is 0 Å². The van der Waals surface area contributed by atoms with Crippen molar-refractivity contribution in [3.63, 3.8) is 0 Å². The SMILES string of the molecule is C1=NNC2C3NN=CN3C3C(N4c5ccccc5Sc5ccccc54)CC(N4c5ccccc5Oc5ccccc54)CC3N12. The van der Waals surface area contributed by atoms with Crippen LogP contribution in [-0.4, -0.2) is 59.0 Å². The van der Waals surface area contributed by atoms with Crippen molar-refractivity contribution >= 4 is 47.2 Å². The van der Waals surface area contributed by atoms with Crippen LogP contribution in [0.5, 0.6) is 11.5 Å². The van der Waals surface area contributed by atoms with Crippen molar-refractivity contribution in [3.8, 4) is 11.5 Å². The van der Waals surface area contributed by atoms with Crippen molar-refractivity contribution in [1.82, 2.24) is 20.7 Å². The van der Waals surface area contributed by atoms with Gasteiger partial charge in [-0.15, -0.1) is 0 Å². The fourth-order valence-electron chi connectivity index (χ4n) is 8.22. The maximum Gasteiger partial charge on any atom is 0.157 e. The highest BCUT2D eigenvalue weighted by molar-refractivity contribution is 7.99. The maximum atomic E-state index is 6.44. The molecule has 1 saturated heterocycles. The number of hydrogen-bond acceptors (Lipinski definition) is 10. The zero-order valence-electron chi connectivity index (χ0n) is 23.8. The van der Waals surface area contributed by atoms with Crippen molar-refractivity contribution in [2.75, 3.05) is 9.80 Å². The Kier molecular flexibility index (Phi) is 5.22. The number of hydrazone groups is 2. The molecule has 5 aliphatic heterocycles. The highest BCUT2D eigenvalue weighted by Gasteiger charge is 2.57. The molecule has 4 aromatic carbocycles. The number of nitrogens with zero attached hydrogens (tertiary/aromatic N) is 6. The Bertz CT molecular complexity index is 1760. The Morgan fingerprint density at radius 1 is 0.591 bits per heavy atom. The van der Waals surface area contributed by atoms with Crippen LogP contribution in [-0.2, 0) is 0 Å². The number of hydrogen-bond donors (Lipinski definition) is 2. The van der Waals surface area contributed by atoms with E-state index in [0.29, 0.717) is 0 Å². The molecule has 9 nitrogen and oxygen atoms in total. The van der Waals surface area contributed by atoms with Gasteiger partial charge in [0.1, 0.15) is 12.7 Å². The minimum atomic E-state index is -0.00714. The topological polar surface area (TPSA) is 71.0 Å². The molecule has 0 bridgehead atoms. The second-order valence-electron chi connectivity index (χ2n) is 12.1. The van der Waals surface area contributed by atoms with Crippen LogP contribution < -0.4 is 25.4 Å². The molecule has 1 saturated carbocycles. The van der Waals surface area contributed by atoms with E-state index in [1.54, 1.807) is 0 Å². The summed E-state index contributed by atoms with van der Waals surface area (Å²) < 4.78 is 6.44. The monoisotopic (exact) mass is 598 g/mol. The van der Waals surface area contributed by atoms with E-state index >= 15 is 0 Å². The maximum absolute atomic E-state index is 6.44. The first-order valence-corrected chi connectivity index (χ1v) is 16.1. The molecule has 1 aliphatic carbocycles. The molecule has 4 aromatic rings.